The summed E-state index contributed by atoms with van der Waals surface area (Å²) >= 11 is 0. The van der Waals surface area contributed by atoms with Crippen LogP contribution in [0.2, 0.25) is 0 Å². The van der Waals surface area contributed by atoms with Crippen LogP contribution in [0.5, 0.6) is 0 Å². The van der Waals surface area contributed by atoms with E-state index >= 15 is 0 Å². The van der Waals surface area contributed by atoms with E-state index in [4.69, 9.17) is 0 Å². The predicted octanol–water partition coefficient (Wildman–Crippen LogP) is 1.68. The minimum atomic E-state index is -0.813. The van der Waals surface area contributed by atoms with E-state index in [1.54, 1.807) is 0 Å². The van der Waals surface area contributed by atoms with Crippen molar-refractivity contribution in [1.82, 2.24) is 10.6 Å². The number of rotatable bonds is 9. The molecule has 0 heterocycles. The predicted molar refractivity (Wildman–Crippen MR) is 86.2 cm³/mol. The molecule has 0 aliphatic rings. The maximum Gasteiger partial charge on any atom is 0.242 e. The molecule has 0 saturated heterocycles. The Kier molecular flexibility index (Phi) is 8.32. The molecule has 0 aromatic heterocycles. The van der Waals surface area contributed by atoms with Gasteiger partial charge >= 0.3 is 0 Å². The molecule has 0 radical (unpaired) electrons. The lowest BCUT2D eigenvalue weighted by Crippen LogP contribution is -2.49. The van der Waals surface area contributed by atoms with Gasteiger partial charge in [0.25, 0.3) is 0 Å². The SMILES string of the molecule is CCCC[C@H](CO)NC(=O)[C@H](C)NC(=O)Cc1cc(F)cc(F)c1. The topological polar surface area (TPSA) is 78.4 Å². The van der Waals surface area contributed by atoms with Gasteiger partial charge in [0.05, 0.1) is 19.1 Å². The number of benzene rings is 1. The van der Waals surface area contributed by atoms with Crippen molar-refractivity contribution in [3.05, 3.63) is 35.4 Å². The molecule has 134 valence electrons. The van der Waals surface area contributed by atoms with E-state index in [0.29, 0.717) is 6.42 Å². The van der Waals surface area contributed by atoms with E-state index in [9.17, 15) is 23.5 Å². The standard InChI is InChI=1S/C17H24F2N2O3/c1-3-4-5-15(10-22)21-17(24)11(2)20-16(23)8-12-6-13(18)9-14(19)7-12/h6-7,9,11,15,22H,3-5,8,10H2,1-2H3,(H,20,23)(H,21,24)/t11-,15+/m0/s1. The molecule has 7 heteroatoms. The number of carbonyl (C=O) groups excluding carboxylic acids is 2. The zero-order chi connectivity index (χ0) is 18.1. The highest BCUT2D eigenvalue weighted by Crippen LogP contribution is 2.08. The molecule has 0 fully saturated rings. The Morgan fingerprint density at radius 3 is 2.33 bits per heavy atom. The van der Waals surface area contributed by atoms with Gasteiger partial charge in [-0.25, -0.2) is 8.78 Å². The molecule has 0 aliphatic carbocycles. The molecule has 2 amide bonds. The number of nitrogens with one attached hydrogen (secondary N) is 2. The van der Waals surface area contributed by atoms with E-state index in [1.165, 1.54) is 6.92 Å². The van der Waals surface area contributed by atoms with Gasteiger partial charge in [0, 0.05) is 6.07 Å². The molecular weight excluding hydrogens is 318 g/mol. The fraction of sp³-hybridized carbons (Fsp3) is 0.529. The maximum atomic E-state index is 13.1. The maximum absolute atomic E-state index is 13.1. The fourth-order valence-electron chi connectivity index (χ4n) is 2.24. The Balaban J connectivity index is 2.51. The average molecular weight is 342 g/mol. The second kappa shape index (κ2) is 9.97. The lowest BCUT2D eigenvalue weighted by Gasteiger charge is -2.20. The Hall–Kier alpha value is -2.02. The van der Waals surface area contributed by atoms with Crippen molar-refractivity contribution in [3.8, 4) is 0 Å². The first kappa shape index (κ1) is 20.0. The molecule has 0 bridgehead atoms. The molecule has 24 heavy (non-hydrogen) atoms. The Morgan fingerprint density at radius 1 is 1.17 bits per heavy atom. The van der Waals surface area contributed by atoms with Crippen molar-refractivity contribution < 1.29 is 23.5 Å². The van der Waals surface area contributed by atoms with Crippen molar-refractivity contribution in [2.75, 3.05) is 6.61 Å². The van der Waals surface area contributed by atoms with Gasteiger partial charge < -0.3 is 15.7 Å². The molecule has 2 atom stereocenters. The summed E-state index contributed by atoms with van der Waals surface area (Å²) in [5.74, 6) is -2.45. The summed E-state index contributed by atoms with van der Waals surface area (Å²) in [5.41, 5.74) is 0.189. The van der Waals surface area contributed by atoms with E-state index in [1.807, 2.05) is 6.92 Å². The highest BCUT2D eigenvalue weighted by Gasteiger charge is 2.19. The first-order chi connectivity index (χ1) is 11.3. The van der Waals surface area contributed by atoms with Gasteiger partial charge in [0.1, 0.15) is 17.7 Å². The largest absolute Gasteiger partial charge is 0.394 e. The van der Waals surface area contributed by atoms with Gasteiger partial charge in [0.15, 0.2) is 0 Å². The highest BCUT2D eigenvalue weighted by molar-refractivity contribution is 5.88. The van der Waals surface area contributed by atoms with Crippen LogP contribution in [0.25, 0.3) is 0 Å². The minimum Gasteiger partial charge on any atom is -0.394 e. The van der Waals surface area contributed by atoms with Crippen LogP contribution in [0, 0.1) is 11.6 Å². The van der Waals surface area contributed by atoms with Crippen molar-refractivity contribution in [3.63, 3.8) is 0 Å². The molecule has 1 aromatic rings. The number of unbranched alkanes of at least 4 members (excludes halogenated alkanes) is 1. The molecule has 0 spiro atoms. The summed E-state index contributed by atoms with van der Waals surface area (Å²) < 4.78 is 26.2. The molecular formula is C17H24F2N2O3. The van der Waals surface area contributed by atoms with E-state index in [2.05, 4.69) is 10.6 Å². The van der Waals surface area contributed by atoms with Crippen LogP contribution < -0.4 is 10.6 Å². The van der Waals surface area contributed by atoms with Crippen molar-refractivity contribution in [1.29, 1.82) is 0 Å². The lowest BCUT2D eigenvalue weighted by molar-refractivity contribution is -0.128. The summed E-state index contributed by atoms with van der Waals surface area (Å²) in [6, 6.07) is 1.70. The van der Waals surface area contributed by atoms with E-state index < -0.39 is 29.5 Å². The second-order valence-electron chi connectivity index (χ2n) is 5.77. The molecule has 1 rings (SSSR count). The van der Waals surface area contributed by atoms with Crippen LogP contribution in [0.15, 0.2) is 18.2 Å². The van der Waals surface area contributed by atoms with Gasteiger partial charge in [-0.05, 0) is 31.0 Å². The number of amides is 2. The number of halogens is 2. The summed E-state index contributed by atoms with van der Waals surface area (Å²) in [6.45, 7) is 3.34. The van der Waals surface area contributed by atoms with E-state index in [-0.39, 0.29) is 24.6 Å². The monoisotopic (exact) mass is 342 g/mol. The number of aliphatic hydroxyl groups excluding tert-OH is 1. The number of carbonyl (C=O) groups is 2. The summed E-state index contributed by atoms with van der Waals surface area (Å²) in [6.07, 6.45) is 2.24. The zero-order valence-electron chi connectivity index (χ0n) is 13.9. The van der Waals surface area contributed by atoms with Crippen molar-refractivity contribution >= 4 is 11.8 Å². The summed E-state index contributed by atoms with van der Waals surface area (Å²) in [4.78, 5) is 23.9. The van der Waals surface area contributed by atoms with Gasteiger partial charge in [-0.1, -0.05) is 19.8 Å². The molecule has 1 aromatic carbocycles. The average Bonchev–Trinajstić information content (AvgIpc) is 2.49. The van der Waals surface area contributed by atoms with Crippen LogP contribution in [0.4, 0.5) is 8.78 Å². The molecule has 3 N–H and O–H groups in total. The van der Waals surface area contributed by atoms with Crippen LogP contribution in [0.1, 0.15) is 38.7 Å². The lowest BCUT2D eigenvalue weighted by atomic mass is 10.1. The molecule has 0 aliphatic heterocycles. The van der Waals surface area contributed by atoms with Gasteiger partial charge in [0.2, 0.25) is 11.8 Å². The Labute approximate surface area is 140 Å². The first-order valence-electron chi connectivity index (χ1n) is 8.01. The fourth-order valence-corrected chi connectivity index (χ4v) is 2.24. The van der Waals surface area contributed by atoms with Crippen LogP contribution in [-0.4, -0.2) is 35.6 Å². The zero-order valence-corrected chi connectivity index (χ0v) is 13.9. The van der Waals surface area contributed by atoms with E-state index in [0.717, 1.165) is 31.0 Å². The third-order valence-electron chi connectivity index (χ3n) is 3.53. The summed E-state index contributed by atoms with van der Waals surface area (Å²) in [7, 11) is 0. The Morgan fingerprint density at radius 2 is 1.79 bits per heavy atom. The van der Waals surface area contributed by atoms with Gasteiger partial charge in [-0.3, -0.25) is 9.59 Å². The molecule has 0 unspecified atom stereocenters. The second-order valence-corrected chi connectivity index (χ2v) is 5.77. The number of aliphatic hydroxyl groups is 1. The Bertz CT molecular complexity index is 547. The van der Waals surface area contributed by atoms with Crippen LogP contribution >= 0.6 is 0 Å². The summed E-state index contributed by atoms with van der Waals surface area (Å²) in [5, 5.41) is 14.4. The molecule has 5 nitrogen and oxygen atoms in total. The van der Waals surface area contributed by atoms with Gasteiger partial charge in [-0.2, -0.15) is 0 Å². The highest BCUT2D eigenvalue weighted by atomic mass is 19.1. The first-order valence-corrected chi connectivity index (χ1v) is 8.01. The van der Waals surface area contributed by atoms with Crippen molar-refractivity contribution in [2.45, 2.75) is 51.6 Å². The third kappa shape index (κ3) is 7.04. The third-order valence-corrected chi connectivity index (χ3v) is 3.53. The van der Waals surface area contributed by atoms with Crippen molar-refractivity contribution in [2.24, 2.45) is 0 Å². The van der Waals surface area contributed by atoms with Gasteiger partial charge in [-0.15, -0.1) is 0 Å². The molecule has 0 saturated carbocycles. The minimum absolute atomic E-state index is 0.172. The van der Waals surface area contributed by atoms with Crippen LogP contribution in [-0.2, 0) is 16.0 Å². The quantitative estimate of drug-likeness (QED) is 0.639. The number of hydrogen-bond acceptors (Lipinski definition) is 3. The number of hydrogen-bond donors (Lipinski definition) is 3. The smallest absolute Gasteiger partial charge is 0.242 e. The van der Waals surface area contributed by atoms with Crippen LogP contribution in [0.3, 0.4) is 0 Å². The normalized spacial score (nSPS) is 13.2.